The minimum absolute atomic E-state index is 0.0347. The molecular formula is C21H24N2O5. The zero-order valence-corrected chi connectivity index (χ0v) is 16.0. The van der Waals surface area contributed by atoms with Crippen LogP contribution >= 0.6 is 0 Å². The van der Waals surface area contributed by atoms with Crippen LogP contribution in [-0.4, -0.2) is 48.1 Å². The Morgan fingerprint density at radius 1 is 1.07 bits per heavy atom. The zero-order valence-electron chi connectivity index (χ0n) is 16.0. The second-order valence-corrected chi connectivity index (χ2v) is 7.27. The Hall–Kier alpha value is -2.96. The summed E-state index contributed by atoms with van der Waals surface area (Å²) in [6.07, 6.45) is 1.90. The molecule has 7 nitrogen and oxygen atoms in total. The number of para-hydroxylation sites is 2. The molecule has 0 bridgehead atoms. The molecule has 148 valence electrons. The quantitative estimate of drug-likeness (QED) is 0.880. The number of rotatable bonds is 3. The summed E-state index contributed by atoms with van der Waals surface area (Å²) in [6.45, 7) is 4.76. The molecule has 2 aliphatic heterocycles. The van der Waals surface area contributed by atoms with Crippen molar-refractivity contribution >= 4 is 11.8 Å². The monoisotopic (exact) mass is 384 g/mol. The number of carbonyl (C=O) groups is 2. The highest BCUT2D eigenvalue weighted by Crippen LogP contribution is 2.34. The fourth-order valence-electron chi connectivity index (χ4n) is 3.70. The van der Waals surface area contributed by atoms with Crippen LogP contribution in [-0.2, 0) is 4.79 Å². The molecule has 2 aliphatic rings. The summed E-state index contributed by atoms with van der Waals surface area (Å²) in [5, 5.41) is 3.03. The molecule has 1 saturated heterocycles. The second-order valence-electron chi connectivity index (χ2n) is 7.27. The van der Waals surface area contributed by atoms with Gasteiger partial charge in [-0.2, -0.15) is 0 Å². The van der Waals surface area contributed by atoms with Gasteiger partial charge in [-0.1, -0.05) is 12.1 Å². The minimum Gasteiger partial charge on any atom is -0.482 e. The summed E-state index contributed by atoms with van der Waals surface area (Å²) in [5.74, 6) is 1.66. The Bertz CT molecular complexity index is 869. The first-order valence-corrected chi connectivity index (χ1v) is 9.59. The van der Waals surface area contributed by atoms with E-state index in [1.165, 1.54) is 6.26 Å². The molecule has 0 radical (unpaired) electrons. The molecule has 1 aromatic heterocycles. The van der Waals surface area contributed by atoms with Gasteiger partial charge in [-0.15, -0.1) is 0 Å². The molecule has 0 spiro atoms. The van der Waals surface area contributed by atoms with Gasteiger partial charge >= 0.3 is 0 Å². The van der Waals surface area contributed by atoms with Crippen LogP contribution in [0.3, 0.4) is 0 Å². The molecule has 4 rings (SSSR count). The Morgan fingerprint density at radius 3 is 2.39 bits per heavy atom. The maximum Gasteiger partial charge on any atom is 0.267 e. The average molecular weight is 384 g/mol. The van der Waals surface area contributed by atoms with Gasteiger partial charge in [-0.05, 0) is 44.9 Å². The van der Waals surface area contributed by atoms with Gasteiger partial charge in [0.25, 0.3) is 11.8 Å². The molecule has 1 aromatic carbocycles. The van der Waals surface area contributed by atoms with Crippen molar-refractivity contribution in [2.24, 2.45) is 0 Å². The Morgan fingerprint density at radius 2 is 1.75 bits per heavy atom. The summed E-state index contributed by atoms with van der Waals surface area (Å²) in [7, 11) is 0. The van der Waals surface area contributed by atoms with Gasteiger partial charge in [-0.3, -0.25) is 9.59 Å². The molecule has 3 heterocycles. The molecule has 28 heavy (non-hydrogen) atoms. The van der Waals surface area contributed by atoms with Gasteiger partial charge in [-0.25, -0.2) is 0 Å². The number of furan rings is 1. The highest BCUT2D eigenvalue weighted by molar-refractivity contribution is 5.95. The van der Waals surface area contributed by atoms with Crippen LogP contribution in [0.15, 0.2) is 41.0 Å². The maximum atomic E-state index is 13.0. The lowest BCUT2D eigenvalue weighted by molar-refractivity contribution is -0.145. The number of carbonyl (C=O) groups excluding carboxylic acids is 2. The van der Waals surface area contributed by atoms with E-state index in [9.17, 15) is 9.59 Å². The summed E-state index contributed by atoms with van der Waals surface area (Å²) in [6, 6.07) is 9.08. The second kappa shape index (κ2) is 7.58. The van der Waals surface area contributed by atoms with E-state index < -0.39 is 6.10 Å². The fourth-order valence-corrected chi connectivity index (χ4v) is 3.70. The van der Waals surface area contributed by atoms with Gasteiger partial charge < -0.3 is 24.1 Å². The van der Waals surface area contributed by atoms with E-state index >= 15 is 0 Å². The molecule has 2 amide bonds. The van der Waals surface area contributed by atoms with Crippen molar-refractivity contribution in [2.45, 2.75) is 44.9 Å². The molecule has 7 heteroatoms. The SMILES string of the molecule is Cc1occc1C(=O)NC1CCN(C(=O)C2Oc3ccccc3OC2C)CC1. The lowest BCUT2D eigenvalue weighted by Gasteiger charge is -2.37. The fraction of sp³-hybridized carbons (Fsp3) is 0.429. The maximum absolute atomic E-state index is 13.0. The largest absolute Gasteiger partial charge is 0.482 e. The lowest BCUT2D eigenvalue weighted by Crippen LogP contribution is -2.54. The Kier molecular flexibility index (Phi) is 4.98. The third kappa shape index (κ3) is 3.56. The van der Waals surface area contributed by atoms with E-state index in [0.717, 1.165) is 0 Å². The Labute approximate surface area is 163 Å². The van der Waals surface area contributed by atoms with Crippen molar-refractivity contribution in [2.75, 3.05) is 13.1 Å². The van der Waals surface area contributed by atoms with Crippen molar-refractivity contribution < 1.29 is 23.5 Å². The molecule has 1 fully saturated rings. The molecule has 1 N–H and O–H groups in total. The van der Waals surface area contributed by atoms with Crippen LogP contribution in [0.1, 0.15) is 35.9 Å². The smallest absolute Gasteiger partial charge is 0.267 e. The van der Waals surface area contributed by atoms with Gasteiger partial charge in [0.15, 0.2) is 11.5 Å². The van der Waals surface area contributed by atoms with Crippen molar-refractivity contribution in [3.05, 3.63) is 47.9 Å². The highest BCUT2D eigenvalue weighted by atomic mass is 16.6. The number of nitrogens with one attached hydrogen (secondary N) is 1. The van der Waals surface area contributed by atoms with E-state index in [4.69, 9.17) is 13.9 Å². The number of hydrogen-bond donors (Lipinski definition) is 1. The number of piperidine rings is 1. The number of amides is 2. The van der Waals surface area contributed by atoms with Crippen molar-refractivity contribution in [1.29, 1.82) is 0 Å². The lowest BCUT2D eigenvalue weighted by atomic mass is 10.0. The topological polar surface area (TPSA) is 81.0 Å². The molecule has 0 saturated carbocycles. The predicted octanol–water partition coefficient (Wildman–Crippen LogP) is 2.54. The first-order valence-electron chi connectivity index (χ1n) is 9.59. The van der Waals surface area contributed by atoms with E-state index in [0.29, 0.717) is 48.8 Å². The molecule has 2 unspecified atom stereocenters. The van der Waals surface area contributed by atoms with Crippen LogP contribution in [0, 0.1) is 6.92 Å². The summed E-state index contributed by atoms with van der Waals surface area (Å²) in [5.41, 5.74) is 0.554. The Balaban J connectivity index is 1.33. The number of hydrogen-bond acceptors (Lipinski definition) is 5. The normalized spacial score (nSPS) is 22.0. The summed E-state index contributed by atoms with van der Waals surface area (Å²) >= 11 is 0. The number of benzene rings is 1. The van der Waals surface area contributed by atoms with Crippen LogP contribution in [0.4, 0.5) is 0 Å². The van der Waals surface area contributed by atoms with Crippen LogP contribution in [0.25, 0.3) is 0 Å². The first kappa shape index (κ1) is 18.4. The number of nitrogens with zero attached hydrogens (tertiary/aromatic N) is 1. The van der Waals surface area contributed by atoms with Crippen LogP contribution < -0.4 is 14.8 Å². The van der Waals surface area contributed by atoms with Crippen molar-refractivity contribution in [1.82, 2.24) is 10.2 Å². The number of ether oxygens (including phenoxy) is 2. The van der Waals surface area contributed by atoms with Gasteiger partial charge in [0, 0.05) is 19.1 Å². The van der Waals surface area contributed by atoms with E-state index in [2.05, 4.69) is 5.32 Å². The molecule has 0 aliphatic carbocycles. The van der Waals surface area contributed by atoms with Gasteiger partial charge in [0.05, 0.1) is 11.8 Å². The number of likely N-dealkylation sites (tertiary alicyclic amines) is 1. The highest BCUT2D eigenvalue weighted by Gasteiger charge is 2.38. The first-order chi connectivity index (χ1) is 13.5. The zero-order chi connectivity index (χ0) is 19.7. The van der Waals surface area contributed by atoms with Crippen molar-refractivity contribution in [3.63, 3.8) is 0 Å². The van der Waals surface area contributed by atoms with Crippen LogP contribution in [0.5, 0.6) is 11.5 Å². The number of aryl methyl sites for hydroxylation is 1. The molecular weight excluding hydrogens is 360 g/mol. The van der Waals surface area contributed by atoms with Crippen molar-refractivity contribution in [3.8, 4) is 11.5 Å². The average Bonchev–Trinajstić information content (AvgIpc) is 3.13. The standard InChI is InChI=1S/C21H24N2O5/c1-13-16(9-12-26-13)20(24)22-15-7-10-23(11-8-15)21(25)19-14(2)27-17-5-3-4-6-18(17)28-19/h3-6,9,12,14-15,19H,7-8,10-11H2,1-2H3,(H,22,24). The third-order valence-corrected chi connectivity index (χ3v) is 5.33. The molecule has 2 atom stereocenters. The minimum atomic E-state index is -0.658. The summed E-state index contributed by atoms with van der Waals surface area (Å²) in [4.78, 5) is 27.1. The number of fused-ring (bicyclic) bond motifs is 1. The van der Waals surface area contributed by atoms with Gasteiger partial charge in [0.2, 0.25) is 6.10 Å². The van der Waals surface area contributed by atoms with Gasteiger partial charge in [0.1, 0.15) is 11.9 Å². The van der Waals surface area contributed by atoms with E-state index in [1.807, 2.05) is 25.1 Å². The van der Waals surface area contributed by atoms with E-state index in [-0.39, 0.29) is 24.0 Å². The third-order valence-electron chi connectivity index (χ3n) is 5.33. The predicted molar refractivity (Wildman–Crippen MR) is 101 cm³/mol. The summed E-state index contributed by atoms with van der Waals surface area (Å²) < 4.78 is 16.9. The van der Waals surface area contributed by atoms with Crippen LogP contribution in [0.2, 0.25) is 0 Å². The van der Waals surface area contributed by atoms with E-state index in [1.54, 1.807) is 24.0 Å². The molecule has 2 aromatic rings.